The van der Waals surface area contributed by atoms with Crippen LogP contribution >= 0.6 is 0 Å². The van der Waals surface area contributed by atoms with E-state index in [1.54, 1.807) is 18.5 Å². The second kappa shape index (κ2) is 5.96. The fourth-order valence-electron chi connectivity index (χ4n) is 2.83. The molecule has 3 aromatic heterocycles. The molecule has 0 bridgehead atoms. The quantitative estimate of drug-likeness (QED) is 0.562. The summed E-state index contributed by atoms with van der Waals surface area (Å²) in [7, 11) is 1.36. The van der Waals surface area contributed by atoms with Crippen LogP contribution in [0.25, 0.3) is 21.9 Å². The number of benzene rings is 1. The van der Waals surface area contributed by atoms with Crippen molar-refractivity contribution in [1.29, 1.82) is 0 Å². The predicted molar refractivity (Wildman–Crippen MR) is 96.0 cm³/mol. The molecule has 2 N–H and O–H groups in total. The molecule has 0 spiro atoms. The number of amides is 1. The molecule has 0 radical (unpaired) electrons. The maximum atomic E-state index is 12.5. The molecule has 0 saturated heterocycles. The first-order chi connectivity index (χ1) is 12.5. The SMILES string of the molecule is Cn1c(=O)[nH]c2ncn(CC(=O)Nc3cccc4cnccc34)c2c1=O. The fourth-order valence-corrected chi connectivity index (χ4v) is 2.83. The van der Waals surface area contributed by atoms with Gasteiger partial charge in [0.25, 0.3) is 5.56 Å². The van der Waals surface area contributed by atoms with Crippen molar-refractivity contribution in [2.24, 2.45) is 7.05 Å². The van der Waals surface area contributed by atoms with Crippen LogP contribution in [0.15, 0.2) is 52.6 Å². The molecule has 1 amide bonds. The highest BCUT2D eigenvalue weighted by Crippen LogP contribution is 2.22. The monoisotopic (exact) mass is 350 g/mol. The average Bonchev–Trinajstić information content (AvgIpc) is 3.02. The van der Waals surface area contributed by atoms with Crippen LogP contribution < -0.4 is 16.6 Å². The Balaban J connectivity index is 1.67. The third kappa shape index (κ3) is 2.55. The van der Waals surface area contributed by atoms with Gasteiger partial charge in [-0.15, -0.1) is 0 Å². The number of rotatable bonds is 3. The van der Waals surface area contributed by atoms with Gasteiger partial charge in [0.1, 0.15) is 6.54 Å². The van der Waals surface area contributed by atoms with E-state index in [-0.39, 0.29) is 23.6 Å². The third-order valence-electron chi connectivity index (χ3n) is 4.14. The van der Waals surface area contributed by atoms with Crippen LogP contribution in [-0.2, 0) is 18.4 Å². The van der Waals surface area contributed by atoms with Gasteiger partial charge in [-0.3, -0.25) is 24.1 Å². The Morgan fingerprint density at radius 3 is 2.96 bits per heavy atom. The number of aromatic amines is 1. The minimum atomic E-state index is -0.554. The maximum absolute atomic E-state index is 12.5. The standard InChI is InChI=1S/C17H14N6O3/c1-22-16(25)14-15(21-17(22)26)19-9-23(14)8-13(24)20-12-4-2-3-10-7-18-6-5-11(10)12/h2-7,9H,8H2,1H3,(H,20,24)(H,21,26). The number of nitrogens with one attached hydrogen (secondary N) is 2. The molecule has 3 heterocycles. The Morgan fingerprint density at radius 1 is 1.27 bits per heavy atom. The molecule has 26 heavy (non-hydrogen) atoms. The minimum absolute atomic E-state index is 0.112. The van der Waals surface area contributed by atoms with Gasteiger partial charge in [-0.25, -0.2) is 9.78 Å². The van der Waals surface area contributed by atoms with E-state index >= 15 is 0 Å². The number of carbonyl (C=O) groups excluding carboxylic acids is 1. The highest BCUT2D eigenvalue weighted by Gasteiger charge is 2.14. The summed E-state index contributed by atoms with van der Waals surface area (Å²) < 4.78 is 2.35. The number of hydrogen-bond acceptors (Lipinski definition) is 5. The van der Waals surface area contributed by atoms with Crippen molar-refractivity contribution in [3.05, 3.63) is 63.8 Å². The number of pyridine rings is 1. The van der Waals surface area contributed by atoms with E-state index in [4.69, 9.17) is 0 Å². The van der Waals surface area contributed by atoms with Gasteiger partial charge in [-0.1, -0.05) is 12.1 Å². The predicted octanol–water partition coefficient (Wildman–Crippen LogP) is 0.610. The van der Waals surface area contributed by atoms with E-state index in [9.17, 15) is 14.4 Å². The minimum Gasteiger partial charge on any atom is -0.324 e. The number of aromatic nitrogens is 5. The van der Waals surface area contributed by atoms with Gasteiger partial charge in [0.15, 0.2) is 11.2 Å². The number of nitrogens with zero attached hydrogens (tertiary/aromatic N) is 4. The molecule has 0 fully saturated rings. The van der Waals surface area contributed by atoms with Crippen LogP contribution in [0.3, 0.4) is 0 Å². The van der Waals surface area contributed by atoms with Gasteiger partial charge in [0.05, 0.1) is 6.33 Å². The van der Waals surface area contributed by atoms with E-state index in [2.05, 4.69) is 20.3 Å². The van der Waals surface area contributed by atoms with Gasteiger partial charge < -0.3 is 9.88 Å². The molecule has 4 rings (SSSR count). The summed E-state index contributed by atoms with van der Waals surface area (Å²) in [6, 6.07) is 7.34. The van der Waals surface area contributed by atoms with Crippen LogP contribution in [0, 0.1) is 0 Å². The van der Waals surface area contributed by atoms with Gasteiger partial charge >= 0.3 is 5.69 Å². The molecular weight excluding hydrogens is 336 g/mol. The Kier molecular flexibility index (Phi) is 3.61. The van der Waals surface area contributed by atoms with Crippen molar-refractivity contribution in [3.63, 3.8) is 0 Å². The van der Waals surface area contributed by atoms with Crippen LogP contribution in [0.2, 0.25) is 0 Å². The summed E-state index contributed by atoms with van der Waals surface area (Å²) in [5, 5.41) is 4.61. The van der Waals surface area contributed by atoms with Crippen molar-refractivity contribution in [2.45, 2.75) is 6.54 Å². The second-order valence-electron chi connectivity index (χ2n) is 5.81. The van der Waals surface area contributed by atoms with E-state index in [0.29, 0.717) is 5.69 Å². The smallest absolute Gasteiger partial charge is 0.324 e. The normalized spacial score (nSPS) is 11.1. The maximum Gasteiger partial charge on any atom is 0.329 e. The highest BCUT2D eigenvalue weighted by molar-refractivity contribution is 6.01. The van der Waals surface area contributed by atoms with Gasteiger partial charge in [0, 0.05) is 35.9 Å². The first kappa shape index (κ1) is 15.8. The summed E-state index contributed by atoms with van der Waals surface area (Å²) in [5.74, 6) is -0.318. The molecule has 130 valence electrons. The molecule has 4 aromatic rings. The van der Waals surface area contributed by atoms with E-state index in [0.717, 1.165) is 15.3 Å². The molecule has 9 heteroatoms. The van der Waals surface area contributed by atoms with Gasteiger partial charge in [0.2, 0.25) is 5.91 Å². The Hall–Kier alpha value is -3.75. The second-order valence-corrected chi connectivity index (χ2v) is 5.81. The summed E-state index contributed by atoms with van der Waals surface area (Å²) in [5.41, 5.74) is -0.0843. The zero-order chi connectivity index (χ0) is 18.3. The van der Waals surface area contributed by atoms with E-state index < -0.39 is 11.2 Å². The Bertz CT molecular complexity index is 1260. The molecule has 1 aromatic carbocycles. The van der Waals surface area contributed by atoms with E-state index in [1.165, 1.54) is 17.9 Å². The van der Waals surface area contributed by atoms with Crippen LogP contribution in [0.4, 0.5) is 5.69 Å². The van der Waals surface area contributed by atoms with Crippen molar-refractivity contribution in [3.8, 4) is 0 Å². The number of imidazole rings is 1. The number of carbonyl (C=O) groups is 1. The van der Waals surface area contributed by atoms with Crippen molar-refractivity contribution in [1.82, 2.24) is 24.1 Å². The van der Waals surface area contributed by atoms with Crippen LogP contribution in [0.1, 0.15) is 0 Å². The largest absolute Gasteiger partial charge is 0.329 e. The van der Waals surface area contributed by atoms with Crippen LogP contribution in [-0.4, -0.2) is 30.0 Å². The zero-order valence-electron chi connectivity index (χ0n) is 13.8. The van der Waals surface area contributed by atoms with Gasteiger partial charge in [-0.2, -0.15) is 0 Å². The summed E-state index contributed by atoms with van der Waals surface area (Å²) in [6.45, 7) is -0.112. The van der Waals surface area contributed by atoms with E-state index in [1.807, 2.05) is 18.2 Å². The van der Waals surface area contributed by atoms with Crippen LogP contribution in [0.5, 0.6) is 0 Å². The number of hydrogen-bond donors (Lipinski definition) is 2. The summed E-state index contributed by atoms with van der Waals surface area (Å²) in [4.78, 5) is 47.0. The molecule has 0 aliphatic heterocycles. The fraction of sp³-hybridized carbons (Fsp3) is 0.118. The number of fused-ring (bicyclic) bond motifs is 2. The Labute approximate surface area is 145 Å². The number of H-pyrrole nitrogens is 1. The lowest BCUT2D eigenvalue weighted by Crippen LogP contribution is -2.33. The molecule has 0 aliphatic carbocycles. The molecule has 0 saturated carbocycles. The lowest BCUT2D eigenvalue weighted by Gasteiger charge is -2.09. The summed E-state index contributed by atoms with van der Waals surface area (Å²) in [6.07, 6.45) is 4.73. The van der Waals surface area contributed by atoms with Crippen molar-refractivity contribution < 1.29 is 4.79 Å². The number of anilines is 1. The summed E-state index contributed by atoms with van der Waals surface area (Å²) >= 11 is 0. The Morgan fingerprint density at radius 2 is 2.12 bits per heavy atom. The van der Waals surface area contributed by atoms with Crippen molar-refractivity contribution >= 4 is 33.5 Å². The zero-order valence-corrected chi connectivity index (χ0v) is 13.8. The van der Waals surface area contributed by atoms with Gasteiger partial charge in [-0.05, 0) is 12.1 Å². The molecule has 0 atom stereocenters. The first-order valence-corrected chi connectivity index (χ1v) is 7.81. The topological polar surface area (TPSA) is 115 Å². The van der Waals surface area contributed by atoms with Crippen molar-refractivity contribution in [2.75, 3.05) is 5.32 Å². The third-order valence-corrected chi connectivity index (χ3v) is 4.14. The first-order valence-electron chi connectivity index (χ1n) is 7.81. The molecule has 9 nitrogen and oxygen atoms in total. The molecular formula is C17H14N6O3. The molecule has 0 unspecified atom stereocenters. The average molecular weight is 350 g/mol. The lowest BCUT2D eigenvalue weighted by atomic mass is 10.1. The lowest BCUT2D eigenvalue weighted by molar-refractivity contribution is -0.116. The highest BCUT2D eigenvalue weighted by atomic mass is 16.2. The molecule has 0 aliphatic rings.